The molecule has 0 spiro atoms. The second-order valence-electron chi connectivity index (χ2n) is 11.5. The first-order valence-corrected chi connectivity index (χ1v) is 17.0. The zero-order valence-electron chi connectivity index (χ0n) is 24.4. The van der Waals surface area contributed by atoms with Crippen LogP contribution >= 0.6 is 11.6 Å². The first-order valence-electron chi connectivity index (χ1n) is 13.7. The third kappa shape index (κ3) is 7.60. The van der Waals surface area contributed by atoms with E-state index >= 15 is 0 Å². The molecule has 0 bridgehead atoms. The summed E-state index contributed by atoms with van der Waals surface area (Å²) in [6.45, 7) is 12.2. The van der Waals surface area contributed by atoms with E-state index in [4.69, 9.17) is 20.8 Å². The Hall–Kier alpha value is -3.64. The van der Waals surface area contributed by atoms with Crippen LogP contribution in [0.4, 0.5) is 17.1 Å². The summed E-state index contributed by atoms with van der Waals surface area (Å²) in [5, 5.41) is 6.06. The number of benzene rings is 2. The number of hydrogen-bond acceptors (Lipinski definition) is 7. The van der Waals surface area contributed by atoms with Crippen LogP contribution in [0, 0.1) is 0 Å². The molecule has 1 fully saturated rings. The maximum Gasteiger partial charge on any atom is 0.276 e. The van der Waals surface area contributed by atoms with E-state index in [1.54, 1.807) is 53.4 Å². The van der Waals surface area contributed by atoms with Gasteiger partial charge in [0.2, 0.25) is 0 Å². The SMILES string of the molecule is CC(C)(C)[Si](C)(C)OCCC1OCCN(c2ccc(NC(=O)c3nccnc3C(=O)Nc3ccc(Cl)cc3)cc2)C1=O. The van der Waals surface area contributed by atoms with Gasteiger partial charge in [0.15, 0.2) is 19.7 Å². The van der Waals surface area contributed by atoms with E-state index in [0.717, 1.165) is 0 Å². The lowest BCUT2D eigenvalue weighted by molar-refractivity contribution is -0.134. The predicted molar refractivity (Wildman–Crippen MR) is 166 cm³/mol. The molecule has 4 rings (SSSR count). The van der Waals surface area contributed by atoms with E-state index in [1.165, 1.54) is 12.4 Å². The summed E-state index contributed by atoms with van der Waals surface area (Å²) in [5.41, 5.74) is 1.42. The van der Waals surface area contributed by atoms with Crippen LogP contribution in [0.5, 0.6) is 0 Å². The summed E-state index contributed by atoms with van der Waals surface area (Å²) in [6.07, 6.45) is 2.60. The Morgan fingerprint density at radius 2 is 1.50 bits per heavy atom. The molecular formula is C30H36ClN5O5Si. The van der Waals surface area contributed by atoms with Gasteiger partial charge in [-0.2, -0.15) is 0 Å². The van der Waals surface area contributed by atoms with Gasteiger partial charge in [-0.1, -0.05) is 32.4 Å². The van der Waals surface area contributed by atoms with E-state index in [0.29, 0.717) is 48.3 Å². The molecule has 2 heterocycles. The highest BCUT2D eigenvalue weighted by atomic mass is 35.5. The zero-order chi connectivity index (χ0) is 30.5. The highest BCUT2D eigenvalue weighted by Gasteiger charge is 2.38. The lowest BCUT2D eigenvalue weighted by atomic mass is 10.1. The Bertz CT molecular complexity index is 1430. The lowest BCUT2D eigenvalue weighted by Crippen LogP contribution is -2.49. The molecule has 222 valence electrons. The number of nitrogens with one attached hydrogen (secondary N) is 2. The second-order valence-corrected chi connectivity index (χ2v) is 16.7. The van der Waals surface area contributed by atoms with Crippen molar-refractivity contribution in [1.82, 2.24) is 9.97 Å². The van der Waals surface area contributed by atoms with E-state index < -0.39 is 26.2 Å². The molecule has 1 atom stereocenters. The highest BCUT2D eigenvalue weighted by molar-refractivity contribution is 6.74. The minimum absolute atomic E-state index is 0.0894. The van der Waals surface area contributed by atoms with E-state index in [1.807, 2.05) is 0 Å². The second kappa shape index (κ2) is 13.1. The molecule has 0 saturated carbocycles. The smallest absolute Gasteiger partial charge is 0.276 e. The molecule has 1 aromatic heterocycles. The summed E-state index contributed by atoms with van der Waals surface area (Å²) in [5.74, 6) is -1.30. The molecule has 0 radical (unpaired) electrons. The van der Waals surface area contributed by atoms with Gasteiger partial charge in [-0.25, -0.2) is 9.97 Å². The molecule has 10 nitrogen and oxygen atoms in total. The van der Waals surface area contributed by atoms with Crippen LogP contribution in [0.15, 0.2) is 60.9 Å². The predicted octanol–water partition coefficient (Wildman–Crippen LogP) is 5.78. The van der Waals surface area contributed by atoms with Crippen molar-refractivity contribution in [2.24, 2.45) is 0 Å². The topological polar surface area (TPSA) is 123 Å². The van der Waals surface area contributed by atoms with Gasteiger partial charge in [0.25, 0.3) is 17.7 Å². The molecule has 42 heavy (non-hydrogen) atoms. The maximum absolute atomic E-state index is 13.2. The number of amides is 3. The van der Waals surface area contributed by atoms with Crippen LogP contribution in [0.25, 0.3) is 0 Å². The number of ether oxygens (including phenoxy) is 1. The van der Waals surface area contributed by atoms with Gasteiger partial charge in [-0.15, -0.1) is 0 Å². The van der Waals surface area contributed by atoms with Crippen molar-refractivity contribution < 1.29 is 23.5 Å². The van der Waals surface area contributed by atoms with E-state index in [-0.39, 0.29) is 22.3 Å². The molecule has 2 N–H and O–H groups in total. The molecule has 12 heteroatoms. The maximum atomic E-state index is 13.2. The Morgan fingerprint density at radius 3 is 2.02 bits per heavy atom. The van der Waals surface area contributed by atoms with Gasteiger partial charge in [0.05, 0.1) is 6.61 Å². The van der Waals surface area contributed by atoms with Crippen LogP contribution in [0.3, 0.4) is 0 Å². The van der Waals surface area contributed by atoms with Crippen LogP contribution in [-0.2, 0) is 14.0 Å². The summed E-state index contributed by atoms with van der Waals surface area (Å²) >= 11 is 5.90. The number of morpholine rings is 1. The Labute approximate surface area is 251 Å². The molecule has 0 aliphatic carbocycles. The van der Waals surface area contributed by atoms with Crippen molar-refractivity contribution >= 4 is 54.7 Å². The average molecular weight is 610 g/mol. The number of carbonyl (C=O) groups excluding carboxylic acids is 3. The van der Waals surface area contributed by atoms with Gasteiger partial charge >= 0.3 is 0 Å². The van der Waals surface area contributed by atoms with Gasteiger partial charge in [0.1, 0.15) is 6.10 Å². The molecular weight excluding hydrogens is 574 g/mol. The minimum atomic E-state index is -1.92. The largest absolute Gasteiger partial charge is 0.417 e. The molecule has 1 aliphatic heterocycles. The number of aromatic nitrogens is 2. The number of hydrogen-bond donors (Lipinski definition) is 2. The summed E-state index contributed by atoms with van der Waals surface area (Å²) in [6, 6.07) is 13.5. The zero-order valence-corrected chi connectivity index (χ0v) is 26.2. The molecule has 1 saturated heterocycles. The normalized spacial score (nSPS) is 15.8. The van der Waals surface area contributed by atoms with Crippen LogP contribution < -0.4 is 15.5 Å². The third-order valence-electron chi connectivity index (χ3n) is 7.49. The number of halogens is 1. The van der Waals surface area contributed by atoms with Gasteiger partial charge in [-0.3, -0.25) is 14.4 Å². The van der Waals surface area contributed by atoms with Gasteiger partial charge in [-0.05, 0) is 66.7 Å². The van der Waals surface area contributed by atoms with Crippen molar-refractivity contribution in [3.05, 3.63) is 77.3 Å². The minimum Gasteiger partial charge on any atom is -0.417 e. The fourth-order valence-electron chi connectivity index (χ4n) is 4.05. The summed E-state index contributed by atoms with van der Waals surface area (Å²) in [4.78, 5) is 48.9. The van der Waals surface area contributed by atoms with Crippen molar-refractivity contribution in [3.63, 3.8) is 0 Å². The molecule has 3 amide bonds. The number of rotatable bonds is 9. The average Bonchev–Trinajstić information content (AvgIpc) is 2.95. The van der Waals surface area contributed by atoms with Crippen molar-refractivity contribution in [2.75, 3.05) is 35.3 Å². The van der Waals surface area contributed by atoms with Crippen molar-refractivity contribution in [2.45, 2.75) is 51.4 Å². The van der Waals surface area contributed by atoms with Crippen LogP contribution in [-0.4, -0.2) is 61.9 Å². The third-order valence-corrected chi connectivity index (χ3v) is 12.3. The number of anilines is 3. The summed E-state index contributed by atoms with van der Waals surface area (Å²) < 4.78 is 12.0. The van der Waals surface area contributed by atoms with E-state index in [9.17, 15) is 14.4 Å². The number of nitrogens with zero attached hydrogens (tertiary/aromatic N) is 3. The van der Waals surface area contributed by atoms with Crippen molar-refractivity contribution in [1.29, 1.82) is 0 Å². The fourth-order valence-corrected chi connectivity index (χ4v) is 5.24. The van der Waals surface area contributed by atoms with Crippen LogP contribution in [0.2, 0.25) is 23.2 Å². The molecule has 2 aromatic carbocycles. The number of carbonyl (C=O) groups is 3. The van der Waals surface area contributed by atoms with Crippen molar-refractivity contribution in [3.8, 4) is 0 Å². The Morgan fingerprint density at radius 1 is 0.976 bits per heavy atom. The Balaban J connectivity index is 1.38. The van der Waals surface area contributed by atoms with Crippen LogP contribution in [0.1, 0.15) is 48.2 Å². The highest BCUT2D eigenvalue weighted by Crippen LogP contribution is 2.36. The van der Waals surface area contributed by atoms with Gasteiger partial charge in [0, 0.05) is 54.1 Å². The lowest BCUT2D eigenvalue weighted by Gasteiger charge is -2.37. The summed E-state index contributed by atoms with van der Waals surface area (Å²) in [7, 11) is -1.92. The molecule has 1 aliphatic rings. The standard InChI is InChI=1S/C30H36ClN5O5Si/c1-30(2,3)42(4,5)41-18-14-24-29(39)36(17-19-40-24)23-12-10-22(11-13-23)35-28(38)26-25(32-15-16-33-26)27(37)34-21-8-6-20(31)7-9-21/h6-13,15-16,24H,14,17-19H2,1-5H3,(H,34,37)(H,35,38). The fraction of sp³-hybridized carbons (Fsp3) is 0.367. The monoisotopic (exact) mass is 609 g/mol. The van der Waals surface area contributed by atoms with Gasteiger partial charge < -0.3 is 24.7 Å². The quantitative estimate of drug-likeness (QED) is 0.295. The molecule has 3 aromatic rings. The first-order chi connectivity index (χ1) is 19.9. The van der Waals surface area contributed by atoms with E-state index in [2.05, 4.69) is 54.5 Å². The first kappa shape index (κ1) is 31.3. The molecule has 1 unspecified atom stereocenters. The Kier molecular flexibility index (Phi) is 9.77.